The Morgan fingerprint density at radius 2 is 1.81 bits per heavy atom. The van der Waals surface area contributed by atoms with E-state index in [1.54, 1.807) is 30.0 Å². The Kier molecular flexibility index (Phi) is 6.53. The summed E-state index contributed by atoms with van der Waals surface area (Å²) in [6.45, 7) is 6.69. The van der Waals surface area contributed by atoms with Crippen molar-refractivity contribution < 1.29 is 23.8 Å². The molecule has 0 saturated heterocycles. The molecular formula is C24H23ClO5S. The number of halogens is 1. The lowest BCUT2D eigenvalue weighted by Gasteiger charge is -2.24. The quantitative estimate of drug-likeness (QED) is 0.245. The van der Waals surface area contributed by atoms with Crippen LogP contribution < -0.4 is 4.74 Å². The molecule has 0 fully saturated rings. The van der Waals surface area contributed by atoms with Crippen LogP contribution in [-0.4, -0.2) is 28.7 Å². The topological polar surface area (TPSA) is 76.7 Å². The van der Waals surface area contributed by atoms with E-state index in [1.165, 1.54) is 19.9 Å². The third-order valence-corrected chi connectivity index (χ3v) is 5.86. The molecule has 3 aromatic rings. The first-order valence-electron chi connectivity index (χ1n) is 9.55. The number of fused-ring (bicyclic) bond motifs is 1. The molecule has 0 radical (unpaired) electrons. The number of allylic oxidation sites excluding steroid dienone is 1. The van der Waals surface area contributed by atoms with E-state index in [2.05, 4.69) is 0 Å². The number of benzene rings is 2. The molecule has 0 amide bonds. The van der Waals surface area contributed by atoms with Crippen LogP contribution in [0.1, 0.15) is 40.9 Å². The average Bonchev–Trinajstić information content (AvgIpc) is 3.09. The Bertz CT molecular complexity index is 1180. The van der Waals surface area contributed by atoms with Crippen molar-refractivity contribution in [3.63, 3.8) is 0 Å². The summed E-state index contributed by atoms with van der Waals surface area (Å²) >= 11 is 7.58. The monoisotopic (exact) mass is 458 g/mol. The predicted octanol–water partition coefficient (Wildman–Crippen LogP) is 6.56. The number of hydrogen-bond donors (Lipinski definition) is 1. The summed E-state index contributed by atoms with van der Waals surface area (Å²) in [5.74, 6) is -0.723. The fourth-order valence-electron chi connectivity index (χ4n) is 3.24. The first kappa shape index (κ1) is 23.0. The van der Waals surface area contributed by atoms with Crippen molar-refractivity contribution in [1.82, 2.24) is 0 Å². The van der Waals surface area contributed by atoms with E-state index in [9.17, 15) is 14.7 Å². The normalized spacial score (nSPS) is 11.9. The average molecular weight is 459 g/mol. The van der Waals surface area contributed by atoms with Gasteiger partial charge in [0.05, 0.1) is 5.56 Å². The summed E-state index contributed by atoms with van der Waals surface area (Å²) in [5.41, 5.74) is 1.93. The molecule has 0 bridgehead atoms. The van der Waals surface area contributed by atoms with E-state index < -0.39 is 11.6 Å². The molecule has 0 spiro atoms. The van der Waals surface area contributed by atoms with E-state index >= 15 is 0 Å². The fraction of sp³-hybridized carbons (Fsp3) is 0.250. The van der Waals surface area contributed by atoms with E-state index in [0.717, 1.165) is 27.0 Å². The molecule has 5 nitrogen and oxygen atoms in total. The van der Waals surface area contributed by atoms with Crippen molar-refractivity contribution in [3.05, 3.63) is 63.9 Å². The van der Waals surface area contributed by atoms with E-state index in [1.807, 2.05) is 38.3 Å². The maximum atomic E-state index is 12.9. The number of carbonyl (C=O) groups is 2. The highest BCUT2D eigenvalue weighted by atomic mass is 35.5. The number of aryl methyl sites for hydroxylation is 2. The summed E-state index contributed by atoms with van der Waals surface area (Å²) in [6, 6.07) is 9.03. The van der Waals surface area contributed by atoms with Gasteiger partial charge in [-0.2, -0.15) is 0 Å². The molecule has 1 aromatic heterocycles. The third-order valence-electron chi connectivity index (χ3n) is 4.88. The molecule has 162 valence electrons. The first-order valence-corrected chi connectivity index (χ1v) is 11.2. The summed E-state index contributed by atoms with van der Waals surface area (Å²) in [4.78, 5) is 25.2. The van der Waals surface area contributed by atoms with Crippen LogP contribution in [-0.2, 0) is 4.79 Å². The Morgan fingerprint density at radius 3 is 2.39 bits per heavy atom. The van der Waals surface area contributed by atoms with Crippen molar-refractivity contribution in [2.75, 3.05) is 6.26 Å². The number of carbonyl (C=O) groups excluding carboxylic acids is 1. The minimum absolute atomic E-state index is 0.202. The minimum atomic E-state index is -1.35. The number of hydrogen-bond acceptors (Lipinski definition) is 5. The number of rotatable bonds is 7. The zero-order valence-corrected chi connectivity index (χ0v) is 19.5. The molecule has 1 heterocycles. The van der Waals surface area contributed by atoms with Crippen LogP contribution in [0.3, 0.4) is 0 Å². The van der Waals surface area contributed by atoms with Crippen LogP contribution in [0.25, 0.3) is 17.0 Å². The lowest BCUT2D eigenvalue weighted by atomic mass is 10.0. The van der Waals surface area contributed by atoms with Crippen LogP contribution in [0.5, 0.6) is 5.75 Å². The molecule has 0 unspecified atom stereocenters. The molecule has 0 aliphatic heterocycles. The molecule has 31 heavy (non-hydrogen) atoms. The van der Waals surface area contributed by atoms with Crippen LogP contribution >= 0.6 is 23.4 Å². The second-order valence-corrected chi connectivity index (χ2v) is 8.93. The van der Waals surface area contributed by atoms with Crippen LogP contribution in [0, 0.1) is 13.8 Å². The molecule has 3 rings (SSSR count). The molecule has 0 atom stereocenters. The Morgan fingerprint density at radius 1 is 1.16 bits per heavy atom. The number of aliphatic carboxylic acids is 1. The predicted molar refractivity (Wildman–Crippen MR) is 125 cm³/mol. The van der Waals surface area contributed by atoms with E-state index in [-0.39, 0.29) is 11.0 Å². The van der Waals surface area contributed by atoms with Crippen LogP contribution in [0.4, 0.5) is 0 Å². The third kappa shape index (κ3) is 4.81. The number of thioether (sulfide) groups is 1. The summed E-state index contributed by atoms with van der Waals surface area (Å²) in [7, 11) is 0. The highest BCUT2D eigenvalue weighted by molar-refractivity contribution is 7.98. The molecule has 7 heteroatoms. The van der Waals surface area contributed by atoms with Gasteiger partial charge in [0.2, 0.25) is 0 Å². The lowest BCUT2D eigenvalue weighted by Crippen LogP contribution is -2.38. The standard InChI is InChI=1S/C24H23ClO5S/c1-13-10-15(11-14(2)21(13)30-24(3,4)23(27)28)6-8-18(26)16-7-9-19(31-5)17-12-20(25)29-22(16)17/h6-12H,1-5H3,(H,27,28)/b8-6+. The summed E-state index contributed by atoms with van der Waals surface area (Å²) in [6.07, 6.45) is 5.15. The second-order valence-electron chi connectivity index (χ2n) is 7.71. The van der Waals surface area contributed by atoms with Gasteiger partial charge in [-0.15, -0.1) is 11.8 Å². The second kappa shape index (κ2) is 8.81. The molecule has 0 saturated carbocycles. The van der Waals surface area contributed by atoms with Gasteiger partial charge in [0, 0.05) is 16.3 Å². The van der Waals surface area contributed by atoms with Crippen LogP contribution in [0.15, 0.2) is 45.7 Å². The van der Waals surface area contributed by atoms with Gasteiger partial charge in [0.15, 0.2) is 16.6 Å². The van der Waals surface area contributed by atoms with Crippen molar-refractivity contribution in [2.24, 2.45) is 0 Å². The van der Waals surface area contributed by atoms with Crippen molar-refractivity contribution in [3.8, 4) is 5.75 Å². The van der Waals surface area contributed by atoms with Crippen molar-refractivity contribution in [1.29, 1.82) is 0 Å². The van der Waals surface area contributed by atoms with Gasteiger partial charge in [-0.05, 0) is 92.6 Å². The maximum absolute atomic E-state index is 12.9. The van der Waals surface area contributed by atoms with Gasteiger partial charge in [0.1, 0.15) is 11.3 Å². The Balaban J connectivity index is 1.90. The van der Waals surface area contributed by atoms with Gasteiger partial charge >= 0.3 is 5.97 Å². The highest BCUT2D eigenvalue weighted by Gasteiger charge is 2.30. The highest BCUT2D eigenvalue weighted by Crippen LogP contribution is 2.34. The van der Waals surface area contributed by atoms with Crippen LogP contribution in [0.2, 0.25) is 5.22 Å². The first-order chi connectivity index (χ1) is 14.5. The molecule has 2 aromatic carbocycles. The Labute approximate surface area is 190 Å². The van der Waals surface area contributed by atoms with E-state index in [4.69, 9.17) is 20.8 Å². The molecule has 1 N–H and O–H groups in total. The van der Waals surface area contributed by atoms with E-state index in [0.29, 0.717) is 16.9 Å². The summed E-state index contributed by atoms with van der Waals surface area (Å²) in [5, 5.41) is 10.4. The van der Waals surface area contributed by atoms with Crippen molar-refractivity contribution in [2.45, 2.75) is 38.2 Å². The largest absolute Gasteiger partial charge is 0.478 e. The maximum Gasteiger partial charge on any atom is 0.347 e. The van der Waals surface area contributed by atoms with Gasteiger partial charge in [-0.1, -0.05) is 6.08 Å². The van der Waals surface area contributed by atoms with Gasteiger partial charge in [0.25, 0.3) is 0 Å². The number of carboxylic acid groups (broad SMARTS) is 1. The summed E-state index contributed by atoms with van der Waals surface area (Å²) < 4.78 is 11.3. The lowest BCUT2D eigenvalue weighted by molar-refractivity contribution is -0.152. The molecule has 0 aliphatic carbocycles. The van der Waals surface area contributed by atoms with Crippen molar-refractivity contribution >= 4 is 52.2 Å². The number of ether oxygens (including phenoxy) is 1. The SMILES string of the molecule is CSc1ccc(C(=O)/C=C/c2cc(C)c(OC(C)(C)C(=O)O)c(C)c2)c2oc(Cl)cc12. The molecule has 0 aliphatic rings. The van der Waals surface area contributed by atoms with Gasteiger partial charge in [-0.3, -0.25) is 4.79 Å². The van der Waals surface area contributed by atoms with Gasteiger partial charge < -0.3 is 14.3 Å². The number of ketones is 1. The molecular weight excluding hydrogens is 436 g/mol. The Hall–Kier alpha value is -2.70. The number of furan rings is 1. The zero-order chi connectivity index (χ0) is 22.9. The zero-order valence-electron chi connectivity index (χ0n) is 17.9. The minimum Gasteiger partial charge on any atom is -0.478 e. The number of carboxylic acids is 1. The van der Waals surface area contributed by atoms with Gasteiger partial charge in [-0.25, -0.2) is 4.79 Å². The fourth-order valence-corrected chi connectivity index (χ4v) is 4.00. The smallest absolute Gasteiger partial charge is 0.347 e.